The molecule has 0 spiro atoms. The SMILES string of the molecule is CNC(c1cccc2cnccc12)C1CSCCS1. The van der Waals surface area contributed by atoms with E-state index in [1.54, 1.807) is 0 Å². The first-order valence-electron chi connectivity index (χ1n) is 6.59. The number of thioether (sulfide) groups is 2. The van der Waals surface area contributed by atoms with Gasteiger partial charge in [0.1, 0.15) is 0 Å². The largest absolute Gasteiger partial charge is 0.312 e. The minimum absolute atomic E-state index is 0.420. The van der Waals surface area contributed by atoms with Crippen molar-refractivity contribution in [3.05, 3.63) is 42.2 Å². The molecular formula is C15H18N2S2. The second kappa shape index (κ2) is 6.16. The van der Waals surface area contributed by atoms with Gasteiger partial charge in [-0.25, -0.2) is 0 Å². The lowest BCUT2D eigenvalue weighted by Crippen LogP contribution is -2.31. The molecule has 2 unspecified atom stereocenters. The number of rotatable bonds is 3. The molecule has 1 fully saturated rings. The van der Waals surface area contributed by atoms with Crippen LogP contribution in [0.3, 0.4) is 0 Å². The van der Waals surface area contributed by atoms with Crippen molar-refractivity contribution < 1.29 is 0 Å². The summed E-state index contributed by atoms with van der Waals surface area (Å²) in [6, 6.07) is 9.09. The van der Waals surface area contributed by atoms with Gasteiger partial charge in [0, 0.05) is 46.3 Å². The lowest BCUT2D eigenvalue weighted by molar-refractivity contribution is 0.596. The lowest BCUT2D eigenvalue weighted by Gasteiger charge is -2.30. The number of hydrogen-bond donors (Lipinski definition) is 1. The Morgan fingerprint density at radius 3 is 3.05 bits per heavy atom. The summed E-state index contributed by atoms with van der Waals surface area (Å²) in [5.74, 6) is 3.79. The van der Waals surface area contributed by atoms with Crippen LogP contribution in [-0.2, 0) is 0 Å². The molecule has 0 bridgehead atoms. The highest BCUT2D eigenvalue weighted by atomic mass is 32.2. The van der Waals surface area contributed by atoms with Crippen LogP contribution in [0.15, 0.2) is 36.7 Å². The lowest BCUT2D eigenvalue weighted by atomic mass is 9.98. The molecule has 1 saturated heterocycles. The van der Waals surface area contributed by atoms with Gasteiger partial charge < -0.3 is 5.32 Å². The molecule has 2 atom stereocenters. The van der Waals surface area contributed by atoms with E-state index < -0.39 is 0 Å². The Hall–Kier alpha value is -0.710. The second-order valence-corrected chi connectivity index (χ2v) is 7.19. The van der Waals surface area contributed by atoms with Crippen molar-refractivity contribution in [3.63, 3.8) is 0 Å². The van der Waals surface area contributed by atoms with Crippen molar-refractivity contribution in [2.24, 2.45) is 0 Å². The van der Waals surface area contributed by atoms with E-state index in [4.69, 9.17) is 0 Å². The van der Waals surface area contributed by atoms with Crippen molar-refractivity contribution in [1.82, 2.24) is 10.3 Å². The Morgan fingerprint density at radius 1 is 1.32 bits per heavy atom. The van der Waals surface area contributed by atoms with Crippen LogP contribution in [0.1, 0.15) is 11.6 Å². The van der Waals surface area contributed by atoms with Gasteiger partial charge in [-0.2, -0.15) is 23.5 Å². The van der Waals surface area contributed by atoms with Gasteiger partial charge in [0.05, 0.1) is 0 Å². The molecule has 3 rings (SSSR count). The van der Waals surface area contributed by atoms with Gasteiger partial charge in [-0.05, 0) is 24.1 Å². The molecule has 100 valence electrons. The van der Waals surface area contributed by atoms with Crippen molar-refractivity contribution in [2.75, 3.05) is 24.3 Å². The highest BCUT2D eigenvalue weighted by Crippen LogP contribution is 2.35. The average Bonchev–Trinajstić information content (AvgIpc) is 2.49. The minimum Gasteiger partial charge on any atom is -0.312 e. The van der Waals surface area contributed by atoms with Crippen LogP contribution < -0.4 is 5.32 Å². The summed E-state index contributed by atoms with van der Waals surface area (Å²) in [5.41, 5.74) is 1.41. The number of pyridine rings is 1. The molecule has 4 heteroatoms. The van der Waals surface area contributed by atoms with Crippen LogP contribution in [-0.4, -0.2) is 34.5 Å². The zero-order valence-electron chi connectivity index (χ0n) is 11.0. The molecule has 2 nitrogen and oxygen atoms in total. The first-order chi connectivity index (χ1) is 9.40. The summed E-state index contributed by atoms with van der Waals surface area (Å²) < 4.78 is 0. The highest BCUT2D eigenvalue weighted by Gasteiger charge is 2.25. The predicted octanol–water partition coefficient (Wildman–Crippen LogP) is 3.34. The third kappa shape index (κ3) is 2.76. The van der Waals surface area contributed by atoms with Crippen LogP contribution in [0, 0.1) is 0 Å². The van der Waals surface area contributed by atoms with E-state index >= 15 is 0 Å². The topological polar surface area (TPSA) is 24.9 Å². The molecule has 0 saturated carbocycles. The fourth-order valence-corrected chi connectivity index (χ4v) is 5.56. The summed E-state index contributed by atoms with van der Waals surface area (Å²) in [7, 11) is 2.07. The first kappa shape index (κ1) is 13.3. The van der Waals surface area contributed by atoms with Crippen molar-refractivity contribution in [2.45, 2.75) is 11.3 Å². The quantitative estimate of drug-likeness (QED) is 0.937. The molecule has 0 radical (unpaired) electrons. The van der Waals surface area contributed by atoms with E-state index in [9.17, 15) is 0 Å². The minimum atomic E-state index is 0.420. The molecule has 1 aliphatic rings. The fraction of sp³-hybridized carbons (Fsp3) is 0.400. The molecule has 19 heavy (non-hydrogen) atoms. The number of hydrogen-bond acceptors (Lipinski definition) is 4. The number of aromatic nitrogens is 1. The molecule has 1 aliphatic heterocycles. The number of nitrogens with zero attached hydrogens (tertiary/aromatic N) is 1. The predicted molar refractivity (Wildman–Crippen MR) is 87.1 cm³/mol. The molecule has 2 aromatic rings. The number of nitrogens with one attached hydrogen (secondary N) is 1. The second-order valence-electron chi connectivity index (χ2n) is 4.69. The molecule has 1 aromatic carbocycles. The van der Waals surface area contributed by atoms with Crippen LogP contribution in [0.5, 0.6) is 0 Å². The summed E-state index contributed by atoms with van der Waals surface area (Å²) in [6.45, 7) is 0. The Balaban J connectivity index is 2.00. The molecule has 2 heterocycles. The van der Waals surface area contributed by atoms with E-state index in [2.05, 4.69) is 65.1 Å². The molecule has 0 aliphatic carbocycles. The maximum absolute atomic E-state index is 4.22. The summed E-state index contributed by atoms with van der Waals surface area (Å²) in [6.07, 6.45) is 3.84. The van der Waals surface area contributed by atoms with E-state index in [1.165, 1.54) is 33.6 Å². The van der Waals surface area contributed by atoms with Crippen LogP contribution in [0.2, 0.25) is 0 Å². The Morgan fingerprint density at radius 2 is 2.26 bits per heavy atom. The standard InChI is InChI=1S/C15H18N2S2/c1-16-15(14-10-18-7-8-19-14)13-4-2-3-11-9-17-6-5-12(11)13/h2-6,9,14-16H,7-8,10H2,1H3. The van der Waals surface area contributed by atoms with Crippen LogP contribution in [0.4, 0.5) is 0 Å². The van der Waals surface area contributed by atoms with Crippen molar-refractivity contribution in [3.8, 4) is 0 Å². The summed E-state index contributed by atoms with van der Waals surface area (Å²) in [4.78, 5) is 4.22. The Bertz CT molecular complexity index is 547. The van der Waals surface area contributed by atoms with Gasteiger partial charge in [-0.1, -0.05) is 18.2 Å². The van der Waals surface area contributed by atoms with E-state index in [1.807, 2.05) is 12.4 Å². The number of fused-ring (bicyclic) bond motifs is 1. The smallest absolute Gasteiger partial charge is 0.0452 e. The maximum Gasteiger partial charge on any atom is 0.0452 e. The van der Waals surface area contributed by atoms with Gasteiger partial charge in [0.25, 0.3) is 0 Å². The highest BCUT2D eigenvalue weighted by molar-refractivity contribution is 8.06. The maximum atomic E-state index is 4.22. The normalized spacial score (nSPS) is 21.4. The van der Waals surface area contributed by atoms with Gasteiger partial charge >= 0.3 is 0 Å². The summed E-state index contributed by atoms with van der Waals surface area (Å²) >= 11 is 4.17. The van der Waals surface area contributed by atoms with Crippen LogP contribution >= 0.6 is 23.5 Å². The van der Waals surface area contributed by atoms with E-state index in [0.29, 0.717) is 11.3 Å². The monoisotopic (exact) mass is 290 g/mol. The van der Waals surface area contributed by atoms with Crippen LogP contribution in [0.25, 0.3) is 10.8 Å². The molecule has 0 amide bonds. The average molecular weight is 290 g/mol. The zero-order valence-corrected chi connectivity index (χ0v) is 12.6. The molecule has 1 aromatic heterocycles. The van der Waals surface area contributed by atoms with Crippen molar-refractivity contribution >= 4 is 34.3 Å². The van der Waals surface area contributed by atoms with Gasteiger partial charge in [0.15, 0.2) is 0 Å². The van der Waals surface area contributed by atoms with Gasteiger partial charge in [-0.15, -0.1) is 0 Å². The van der Waals surface area contributed by atoms with Gasteiger partial charge in [0.2, 0.25) is 0 Å². The number of benzene rings is 1. The Labute approximate surface area is 122 Å². The first-order valence-corrected chi connectivity index (χ1v) is 8.80. The summed E-state index contributed by atoms with van der Waals surface area (Å²) in [5, 5.41) is 6.74. The fourth-order valence-electron chi connectivity index (χ4n) is 2.66. The molecule has 1 N–H and O–H groups in total. The van der Waals surface area contributed by atoms with Crippen molar-refractivity contribution in [1.29, 1.82) is 0 Å². The van der Waals surface area contributed by atoms with E-state index in [0.717, 1.165) is 0 Å². The Kier molecular flexibility index (Phi) is 4.31. The van der Waals surface area contributed by atoms with E-state index in [-0.39, 0.29) is 0 Å². The third-order valence-electron chi connectivity index (χ3n) is 3.57. The zero-order chi connectivity index (χ0) is 13.1. The molecular weight excluding hydrogens is 272 g/mol. The van der Waals surface area contributed by atoms with Gasteiger partial charge in [-0.3, -0.25) is 4.98 Å². The third-order valence-corrected chi connectivity index (χ3v) is 6.44.